The molecule has 2 aliphatic rings. The monoisotopic (exact) mass is 314 g/mol. The molecule has 2 aliphatic heterocycles. The van der Waals surface area contributed by atoms with Gasteiger partial charge in [0.1, 0.15) is 0 Å². The molecule has 0 spiro atoms. The van der Waals surface area contributed by atoms with Crippen LogP contribution in [0.2, 0.25) is 0 Å². The highest BCUT2D eigenvalue weighted by Gasteiger charge is 2.37. The molecule has 122 valence electrons. The van der Waals surface area contributed by atoms with Crippen molar-refractivity contribution in [3.63, 3.8) is 0 Å². The summed E-state index contributed by atoms with van der Waals surface area (Å²) in [4.78, 5) is 39.3. The second-order valence-corrected chi connectivity index (χ2v) is 6.37. The van der Waals surface area contributed by atoms with Crippen molar-refractivity contribution in [3.05, 3.63) is 35.4 Å². The molecule has 23 heavy (non-hydrogen) atoms. The minimum atomic E-state index is -0.0558. The van der Waals surface area contributed by atoms with Crippen molar-refractivity contribution in [3.8, 4) is 0 Å². The normalized spacial score (nSPS) is 19.5. The van der Waals surface area contributed by atoms with Crippen LogP contribution in [0.15, 0.2) is 24.3 Å². The number of hydrogen-bond acceptors (Lipinski definition) is 3. The van der Waals surface area contributed by atoms with E-state index >= 15 is 0 Å². The number of nitrogens with zero attached hydrogens (tertiary/aromatic N) is 2. The van der Waals surface area contributed by atoms with Crippen molar-refractivity contribution in [2.75, 3.05) is 13.1 Å². The third kappa shape index (κ3) is 3.28. The molecule has 0 aromatic heterocycles. The Kier molecular flexibility index (Phi) is 4.46. The maximum atomic E-state index is 12.5. The van der Waals surface area contributed by atoms with Crippen molar-refractivity contribution in [2.24, 2.45) is 0 Å². The van der Waals surface area contributed by atoms with Gasteiger partial charge in [-0.2, -0.15) is 0 Å². The lowest BCUT2D eigenvalue weighted by Gasteiger charge is -2.35. The van der Waals surface area contributed by atoms with Crippen molar-refractivity contribution < 1.29 is 14.4 Å². The third-order valence-corrected chi connectivity index (χ3v) is 4.88. The van der Waals surface area contributed by atoms with Gasteiger partial charge >= 0.3 is 0 Å². The molecule has 5 nitrogen and oxygen atoms in total. The lowest BCUT2D eigenvalue weighted by atomic mass is 10.0. The van der Waals surface area contributed by atoms with Gasteiger partial charge in [0.15, 0.2) is 0 Å². The molecule has 2 fully saturated rings. The quantitative estimate of drug-likeness (QED) is 0.798. The number of carbonyl (C=O) groups excluding carboxylic acids is 3. The summed E-state index contributed by atoms with van der Waals surface area (Å²) < 4.78 is 0. The molecule has 3 amide bonds. The van der Waals surface area contributed by atoms with Crippen molar-refractivity contribution in [1.82, 2.24) is 9.80 Å². The van der Waals surface area contributed by atoms with Crippen LogP contribution in [0.3, 0.4) is 0 Å². The van der Waals surface area contributed by atoms with Crippen molar-refractivity contribution in [1.29, 1.82) is 0 Å². The van der Waals surface area contributed by atoms with Crippen LogP contribution in [0.25, 0.3) is 0 Å². The molecule has 0 radical (unpaired) electrons. The summed E-state index contributed by atoms with van der Waals surface area (Å²) in [7, 11) is 0. The van der Waals surface area contributed by atoms with Crippen LogP contribution in [0.4, 0.5) is 0 Å². The van der Waals surface area contributed by atoms with Crippen molar-refractivity contribution >= 4 is 17.7 Å². The first-order valence-corrected chi connectivity index (χ1v) is 8.23. The summed E-state index contributed by atoms with van der Waals surface area (Å²) in [5.74, 6) is 0.0104. The number of aryl methyl sites for hydroxylation is 1. The highest BCUT2D eigenvalue weighted by atomic mass is 16.2. The molecule has 5 heteroatoms. The summed E-state index contributed by atoms with van der Waals surface area (Å²) >= 11 is 0. The van der Waals surface area contributed by atoms with Gasteiger partial charge in [-0.3, -0.25) is 19.3 Å². The van der Waals surface area contributed by atoms with Crippen LogP contribution < -0.4 is 0 Å². The topological polar surface area (TPSA) is 57.7 Å². The van der Waals surface area contributed by atoms with Crippen LogP contribution in [0, 0.1) is 6.92 Å². The fourth-order valence-corrected chi connectivity index (χ4v) is 3.46. The van der Waals surface area contributed by atoms with E-state index in [2.05, 4.69) is 0 Å². The maximum absolute atomic E-state index is 12.5. The number of benzene rings is 1. The lowest BCUT2D eigenvalue weighted by molar-refractivity contribution is -0.142. The van der Waals surface area contributed by atoms with Gasteiger partial charge in [0.25, 0.3) is 0 Å². The molecule has 0 N–H and O–H groups in total. The number of hydrogen-bond donors (Lipinski definition) is 0. The Morgan fingerprint density at radius 1 is 1.09 bits per heavy atom. The van der Waals surface area contributed by atoms with Gasteiger partial charge < -0.3 is 4.90 Å². The van der Waals surface area contributed by atoms with Crippen molar-refractivity contribution in [2.45, 2.75) is 45.1 Å². The smallest absolute Gasteiger partial charge is 0.229 e. The van der Waals surface area contributed by atoms with E-state index in [1.54, 1.807) is 0 Å². The largest absolute Gasteiger partial charge is 0.342 e. The zero-order valence-electron chi connectivity index (χ0n) is 13.5. The molecule has 0 saturated carbocycles. The van der Waals surface area contributed by atoms with E-state index in [0.29, 0.717) is 45.2 Å². The Labute approximate surface area is 136 Å². The molecule has 0 aliphatic carbocycles. The van der Waals surface area contributed by atoms with Gasteiger partial charge in [-0.1, -0.05) is 24.3 Å². The predicted octanol–water partition coefficient (Wildman–Crippen LogP) is 1.68. The van der Waals surface area contributed by atoms with E-state index < -0.39 is 0 Å². The molecule has 2 heterocycles. The number of amides is 3. The molecular weight excluding hydrogens is 292 g/mol. The van der Waals surface area contributed by atoms with E-state index in [4.69, 9.17) is 0 Å². The van der Waals surface area contributed by atoms with Gasteiger partial charge in [-0.05, 0) is 30.9 Å². The minimum absolute atomic E-state index is 0.0278. The highest BCUT2D eigenvalue weighted by molar-refractivity contribution is 6.02. The number of imide groups is 1. The van der Waals surface area contributed by atoms with Crippen LogP contribution in [-0.2, 0) is 20.8 Å². The van der Waals surface area contributed by atoms with E-state index in [9.17, 15) is 14.4 Å². The van der Waals surface area contributed by atoms with Gasteiger partial charge in [0.2, 0.25) is 17.7 Å². The fraction of sp³-hybridized carbons (Fsp3) is 0.500. The number of carbonyl (C=O) groups is 3. The maximum Gasteiger partial charge on any atom is 0.229 e. The van der Waals surface area contributed by atoms with Gasteiger partial charge in [-0.15, -0.1) is 0 Å². The summed E-state index contributed by atoms with van der Waals surface area (Å²) in [6.07, 6.45) is 2.48. The fourth-order valence-electron chi connectivity index (χ4n) is 3.46. The summed E-state index contributed by atoms with van der Waals surface area (Å²) in [6.45, 7) is 3.25. The Morgan fingerprint density at radius 3 is 2.30 bits per heavy atom. The van der Waals surface area contributed by atoms with Crippen LogP contribution in [0.5, 0.6) is 0 Å². The SMILES string of the molecule is Cc1ccccc1CC(=O)N1CCC(N2C(=O)CCC2=O)CC1. The van der Waals surface area contributed by atoms with Crippen LogP contribution in [-0.4, -0.2) is 46.7 Å². The van der Waals surface area contributed by atoms with E-state index in [1.807, 2.05) is 36.1 Å². The first-order valence-electron chi connectivity index (χ1n) is 8.23. The number of rotatable bonds is 3. The molecule has 1 aromatic rings. The Balaban J connectivity index is 1.56. The molecule has 1 aromatic carbocycles. The Hall–Kier alpha value is -2.17. The van der Waals surface area contributed by atoms with E-state index in [-0.39, 0.29) is 23.8 Å². The number of likely N-dealkylation sites (tertiary alicyclic amines) is 2. The van der Waals surface area contributed by atoms with Gasteiger partial charge in [-0.25, -0.2) is 0 Å². The molecular formula is C18H22N2O3. The molecule has 3 rings (SSSR count). The second kappa shape index (κ2) is 6.52. The average molecular weight is 314 g/mol. The zero-order chi connectivity index (χ0) is 16.4. The Morgan fingerprint density at radius 2 is 1.70 bits per heavy atom. The standard InChI is InChI=1S/C18H22N2O3/c1-13-4-2-3-5-14(13)12-18(23)19-10-8-15(9-11-19)20-16(21)6-7-17(20)22/h2-5,15H,6-12H2,1H3. The molecule has 2 saturated heterocycles. The molecule has 0 bridgehead atoms. The average Bonchev–Trinajstić information content (AvgIpc) is 2.88. The summed E-state index contributed by atoms with van der Waals surface area (Å²) in [6, 6.07) is 7.90. The third-order valence-electron chi connectivity index (χ3n) is 4.88. The number of piperidine rings is 1. The first-order chi connectivity index (χ1) is 11.1. The molecule has 0 unspecified atom stereocenters. The van der Waals surface area contributed by atoms with Crippen LogP contribution in [0.1, 0.15) is 36.8 Å². The lowest BCUT2D eigenvalue weighted by Crippen LogP contribution is -2.48. The second-order valence-electron chi connectivity index (χ2n) is 6.37. The van der Waals surface area contributed by atoms with Crippen LogP contribution >= 0.6 is 0 Å². The van der Waals surface area contributed by atoms with Gasteiger partial charge in [0.05, 0.1) is 6.42 Å². The predicted molar refractivity (Wildman–Crippen MR) is 85.6 cm³/mol. The minimum Gasteiger partial charge on any atom is -0.342 e. The zero-order valence-corrected chi connectivity index (χ0v) is 13.5. The van der Waals surface area contributed by atoms with E-state index in [0.717, 1.165) is 11.1 Å². The van der Waals surface area contributed by atoms with E-state index in [1.165, 1.54) is 4.90 Å². The summed E-state index contributed by atoms with van der Waals surface area (Å²) in [5.41, 5.74) is 2.19. The Bertz CT molecular complexity index is 617. The van der Waals surface area contributed by atoms with Gasteiger partial charge in [0, 0.05) is 32.0 Å². The molecule has 0 atom stereocenters. The highest BCUT2D eigenvalue weighted by Crippen LogP contribution is 2.23. The summed E-state index contributed by atoms with van der Waals surface area (Å²) in [5, 5.41) is 0. The first kappa shape index (κ1) is 15.7.